The zero-order chi connectivity index (χ0) is 34.6. The van der Waals surface area contributed by atoms with E-state index in [1.807, 2.05) is 84.9 Å². The second kappa shape index (κ2) is 16.5. The summed E-state index contributed by atoms with van der Waals surface area (Å²) in [6, 6.07) is 34.5. The molecular formula is C40H42N4O5. The van der Waals surface area contributed by atoms with Crippen molar-refractivity contribution in [3.05, 3.63) is 131 Å². The Morgan fingerprint density at radius 3 is 1.94 bits per heavy atom. The number of hydrogen-bond acceptors (Lipinski definition) is 5. The van der Waals surface area contributed by atoms with Gasteiger partial charge in [0.1, 0.15) is 11.6 Å². The minimum Gasteiger partial charge on any atom is -0.347 e. The molecule has 4 aromatic rings. The van der Waals surface area contributed by atoms with E-state index in [0.29, 0.717) is 25.7 Å². The Morgan fingerprint density at radius 2 is 1.35 bits per heavy atom. The van der Waals surface area contributed by atoms with Crippen molar-refractivity contribution in [1.29, 1.82) is 0 Å². The summed E-state index contributed by atoms with van der Waals surface area (Å²) in [5, 5.41) is 10.8. The van der Waals surface area contributed by atoms with Crippen LogP contribution in [-0.4, -0.2) is 47.5 Å². The summed E-state index contributed by atoms with van der Waals surface area (Å²) in [7, 11) is 0. The monoisotopic (exact) mass is 658 g/mol. The van der Waals surface area contributed by atoms with E-state index in [0.717, 1.165) is 27.8 Å². The first kappa shape index (κ1) is 34.8. The summed E-state index contributed by atoms with van der Waals surface area (Å²) in [6.07, 6.45) is 2.48. The maximum atomic E-state index is 13.3. The van der Waals surface area contributed by atoms with Crippen LogP contribution in [0.3, 0.4) is 0 Å². The zero-order valence-corrected chi connectivity index (χ0v) is 27.7. The van der Waals surface area contributed by atoms with Gasteiger partial charge < -0.3 is 21.3 Å². The summed E-state index contributed by atoms with van der Waals surface area (Å²) in [5.74, 6) is -2.82. The van der Waals surface area contributed by atoms with E-state index in [2.05, 4.69) is 52.5 Å². The van der Waals surface area contributed by atoms with Crippen molar-refractivity contribution in [3.8, 4) is 11.1 Å². The van der Waals surface area contributed by atoms with Crippen LogP contribution in [0.15, 0.2) is 109 Å². The Morgan fingerprint density at radius 1 is 0.735 bits per heavy atom. The van der Waals surface area contributed by atoms with Gasteiger partial charge in [-0.25, -0.2) is 0 Å². The molecule has 4 bridgehead atoms. The maximum Gasteiger partial charge on any atom is 0.289 e. The van der Waals surface area contributed by atoms with Crippen molar-refractivity contribution in [3.63, 3.8) is 0 Å². The van der Waals surface area contributed by atoms with Crippen molar-refractivity contribution >= 4 is 29.4 Å². The molecule has 0 aromatic heterocycles. The van der Waals surface area contributed by atoms with Crippen molar-refractivity contribution < 1.29 is 24.0 Å². The highest BCUT2D eigenvalue weighted by molar-refractivity contribution is 6.37. The smallest absolute Gasteiger partial charge is 0.289 e. The van der Waals surface area contributed by atoms with Crippen LogP contribution in [0, 0.1) is 6.92 Å². The maximum absolute atomic E-state index is 13.3. The Hall–Kier alpha value is -5.57. The molecule has 1 aliphatic carbocycles. The molecule has 252 valence electrons. The Bertz CT molecular complexity index is 1790. The Kier molecular flexibility index (Phi) is 11.7. The Labute approximate surface area is 286 Å². The van der Waals surface area contributed by atoms with Gasteiger partial charge in [-0.2, -0.15) is 0 Å². The minimum atomic E-state index is -1.04. The van der Waals surface area contributed by atoms with Crippen LogP contribution in [0.2, 0.25) is 0 Å². The Balaban J connectivity index is 0.000000595. The van der Waals surface area contributed by atoms with Crippen LogP contribution < -0.4 is 21.3 Å². The molecule has 1 unspecified atom stereocenters. The number of aryl methyl sites for hydroxylation is 3. The molecule has 1 fully saturated rings. The molecule has 4 N–H and O–H groups in total. The van der Waals surface area contributed by atoms with Gasteiger partial charge in [0.05, 0.1) is 6.54 Å². The first-order chi connectivity index (χ1) is 23.7. The molecule has 2 aliphatic rings. The van der Waals surface area contributed by atoms with Crippen LogP contribution in [0.25, 0.3) is 11.1 Å². The van der Waals surface area contributed by atoms with Crippen LogP contribution in [0.4, 0.5) is 0 Å². The van der Waals surface area contributed by atoms with E-state index in [-0.39, 0.29) is 25.3 Å². The summed E-state index contributed by atoms with van der Waals surface area (Å²) in [4.78, 5) is 64.0. The number of ketones is 1. The van der Waals surface area contributed by atoms with E-state index in [4.69, 9.17) is 0 Å². The van der Waals surface area contributed by atoms with Crippen molar-refractivity contribution in [1.82, 2.24) is 21.3 Å². The number of rotatable bonds is 6. The van der Waals surface area contributed by atoms with Gasteiger partial charge >= 0.3 is 0 Å². The number of carbonyl (C=O) groups excluding carboxylic acids is 5. The molecule has 1 heterocycles. The van der Waals surface area contributed by atoms with E-state index < -0.39 is 41.6 Å². The minimum absolute atomic E-state index is 0.190. The molecule has 9 heteroatoms. The summed E-state index contributed by atoms with van der Waals surface area (Å²) < 4.78 is 0. The largest absolute Gasteiger partial charge is 0.347 e. The molecule has 0 saturated heterocycles. The number of amides is 4. The lowest BCUT2D eigenvalue weighted by Gasteiger charge is -2.23. The fourth-order valence-corrected chi connectivity index (χ4v) is 5.59. The van der Waals surface area contributed by atoms with Gasteiger partial charge in [-0.15, -0.1) is 0 Å². The number of benzene rings is 4. The number of Topliss-reactive ketones (excluding diaryl/α,β-unsaturated/α-hetero) is 1. The molecule has 1 spiro atoms. The van der Waals surface area contributed by atoms with Gasteiger partial charge in [0.2, 0.25) is 23.5 Å². The predicted octanol–water partition coefficient (Wildman–Crippen LogP) is 4.36. The molecule has 0 radical (unpaired) electrons. The average molecular weight is 659 g/mol. The third-order valence-corrected chi connectivity index (χ3v) is 8.65. The van der Waals surface area contributed by atoms with E-state index in [1.165, 1.54) is 5.56 Å². The lowest BCUT2D eigenvalue weighted by Crippen LogP contribution is -2.56. The lowest BCUT2D eigenvalue weighted by atomic mass is 9.97. The number of carbonyl (C=O) groups is 5. The summed E-state index contributed by atoms with van der Waals surface area (Å²) >= 11 is 0. The fraction of sp³-hybridized carbons (Fsp3) is 0.275. The predicted molar refractivity (Wildman–Crippen MR) is 188 cm³/mol. The van der Waals surface area contributed by atoms with Gasteiger partial charge in [-0.05, 0) is 66.8 Å². The molecule has 1 saturated carbocycles. The fourth-order valence-electron chi connectivity index (χ4n) is 5.59. The van der Waals surface area contributed by atoms with Gasteiger partial charge in [-0.1, -0.05) is 115 Å². The zero-order valence-electron chi connectivity index (χ0n) is 27.7. The van der Waals surface area contributed by atoms with E-state index in [1.54, 1.807) is 0 Å². The van der Waals surface area contributed by atoms with Crippen LogP contribution >= 0.6 is 0 Å². The van der Waals surface area contributed by atoms with Gasteiger partial charge in [0, 0.05) is 13.0 Å². The van der Waals surface area contributed by atoms with E-state index >= 15 is 0 Å². The first-order valence-electron chi connectivity index (χ1n) is 16.7. The normalized spacial score (nSPS) is 16.6. The molecule has 4 aromatic carbocycles. The van der Waals surface area contributed by atoms with Crippen molar-refractivity contribution in [2.24, 2.45) is 0 Å². The lowest BCUT2D eigenvalue weighted by molar-refractivity contribution is -0.138. The molecule has 6 rings (SSSR count). The van der Waals surface area contributed by atoms with Crippen LogP contribution in [0.1, 0.15) is 47.9 Å². The highest BCUT2D eigenvalue weighted by Crippen LogP contribution is 2.36. The van der Waals surface area contributed by atoms with Crippen LogP contribution in [0.5, 0.6) is 0 Å². The van der Waals surface area contributed by atoms with Gasteiger partial charge in [-0.3, -0.25) is 24.0 Å². The highest BCUT2D eigenvalue weighted by Gasteiger charge is 2.51. The summed E-state index contributed by atoms with van der Waals surface area (Å²) in [6.45, 7) is 1.77. The third-order valence-electron chi connectivity index (χ3n) is 8.65. The van der Waals surface area contributed by atoms with E-state index in [9.17, 15) is 24.0 Å². The molecular weight excluding hydrogens is 616 g/mol. The first-order valence-corrected chi connectivity index (χ1v) is 16.7. The molecule has 1 aliphatic heterocycles. The molecule has 49 heavy (non-hydrogen) atoms. The summed E-state index contributed by atoms with van der Waals surface area (Å²) in [5.41, 5.74) is 5.20. The SMILES string of the molecule is Cc1ccccc1.O=C1CCc2cccc(c2)-c2cccc(c2)CCC(C(=O)NCC(=O)C(=O)NCc2ccccc2)NC(=O)C2(CC2)N1. The number of hydrogen-bond donors (Lipinski definition) is 4. The topological polar surface area (TPSA) is 133 Å². The standard InChI is InChI=1S/C33H34N4O5.C7H8/c38-28(31(41)34-20-24-6-2-1-3-7-24)21-35-30(40)27-14-12-22-8-4-10-25(18-22)26-11-5-9-23(19-26)13-15-29(39)37-33(16-17-33)32(42)36-27;1-7-5-3-2-4-6-7/h1-11,18-19,27H,12-17,20-21H2,(H,34,41)(H,35,40)(H,36,42)(H,37,39);2-6H,1H3. The highest BCUT2D eigenvalue weighted by atomic mass is 16.2. The number of fused-ring (bicyclic) bond motifs is 5. The molecule has 1 atom stereocenters. The van der Waals surface area contributed by atoms with Gasteiger partial charge in [0.25, 0.3) is 5.91 Å². The number of nitrogens with one attached hydrogen (secondary N) is 4. The second-order valence-electron chi connectivity index (χ2n) is 12.6. The van der Waals surface area contributed by atoms with Gasteiger partial charge in [0.15, 0.2) is 0 Å². The van der Waals surface area contributed by atoms with Crippen molar-refractivity contribution in [2.45, 2.75) is 63.6 Å². The molecule has 9 nitrogen and oxygen atoms in total. The van der Waals surface area contributed by atoms with Crippen molar-refractivity contribution in [2.75, 3.05) is 6.54 Å². The molecule has 4 amide bonds. The van der Waals surface area contributed by atoms with Crippen LogP contribution in [-0.2, 0) is 43.4 Å². The quantitative estimate of drug-likeness (QED) is 0.229. The second-order valence-corrected chi connectivity index (χ2v) is 12.6. The average Bonchev–Trinajstić information content (AvgIpc) is 3.91. The third kappa shape index (κ3) is 10.2.